The van der Waals surface area contributed by atoms with Gasteiger partial charge in [0.2, 0.25) is 0 Å². The Kier molecular flexibility index (Phi) is 2.56. The molecule has 0 fully saturated rings. The number of Topliss-reactive ketones (excluding diaryl/α,β-unsaturated/α-hetero) is 2. The van der Waals surface area contributed by atoms with Crippen molar-refractivity contribution in [1.82, 2.24) is 14.9 Å². The van der Waals surface area contributed by atoms with Gasteiger partial charge in [0, 0.05) is 11.1 Å². The topological polar surface area (TPSA) is 77.2 Å². The molecule has 1 aliphatic rings. The second kappa shape index (κ2) is 4.24. The van der Waals surface area contributed by atoms with Gasteiger partial charge >= 0.3 is 0 Å². The van der Waals surface area contributed by atoms with Crippen LogP contribution in [0.4, 0.5) is 0 Å². The first-order valence-electron chi connectivity index (χ1n) is 5.76. The van der Waals surface area contributed by atoms with Crippen LogP contribution in [0.25, 0.3) is 0 Å². The number of ketones is 2. The number of rotatable bonds is 2. The van der Waals surface area contributed by atoms with Crippen molar-refractivity contribution in [3.63, 3.8) is 0 Å². The van der Waals surface area contributed by atoms with Gasteiger partial charge in [0.25, 0.3) is 0 Å². The molecule has 0 amide bonds. The molecule has 1 atom stereocenters. The Morgan fingerprint density at radius 2 is 1.84 bits per heavy atom. The van der Waals surface area contributed by atoms with Crippen LogP contribution in [-0.4, -0.2) is 32.2 Å². The van der Waals surface area contributed by atoms with E-state index in [-0.39, 0.29) is 11.6 Å². The smallest absolute Gasteiger partial charge is 0.180 e. The standard InChI is InChI=1S/C13H10N4O2/c1-8(18)11-12(16-17-6-14-15-7-17)9-4-2-3-5-10(9)13(11)19/h2-7,11H,1H3. The van der Waals surface area contributed by atoms with Crippen LogP contribution in [0.5, 0.6) is 0 Å². The lowest BCUT2D eigenvalue weighted by Crippen LogP contribution is -2.24. The largest absolute Gasteiger partial charge is 0.299 e. The fourth-order valence-corrected chi connectivity index (χ4v) is 2.22. The van der Waals surface area contributed by atoms with Crippen molar-refractivity contribution in [3.05, 3.63) is 48.0 Å². The average molecular weight is 254 g/mol. The molecule has 0 spiro atoms. The summed E-state index contributed by atoms with van der Waals surface area (Å²) in [5.41, 5.74) is 1.68. The van der Waals surface area contributed by atoms with Gasteiger partial charge in [-0.05, 0) is 6.92 Å². The van der Waals surface area contributed by atoms with Gasteiger partial charge in [-0.25, -0.2) is 4.68 Å². The van der Waals surface area contributed by atoms with Gasteiger partial charge in [-0.3, -0.25) is 9.59 Å². The Hall–Kier alpha value is -2.63. The highest BCUT2D eigenvalue weighted by atomic mass is 16.2. The Morgan fingerprint density at radius 3 is 2.47 bits per heavy atom. The van der Waals surface area contributed by atoms with E-state index in [4.69, 9.17) is 0 Å². The quantitative estimate of drug-likeness (QED) is 0.747. The molecule has 1 heterocycles. The van der Waals surface area contributed by atoms with Crippen LogP contribution in [0.2, 0.25) is 0 Å². The number of nitrogens with zero attached hydrogens (tertiary/aromatic N) is 4. The molecule has 3 rings (SSSR count). The minimum atomic E-state index is -0.834. The van der Waals surface area contributed by atoms with E-state index in [1.165, 1.54) is 24.3 Å². The number of carbonyl (C=O) groups is 2. The minimum absolute atomic E-state index is 0.199. The number of hydrogen-bond donors (Lipinski definition) is 0. The molecular weight excluding hydrogens is 244 g/mol. The highest BCUT2D eigenvalue weighted by molar-refractivity contribution is 6.36. The first kappa shape index (κ1) is 11.5. The maximum absolute atomic E-state index is 12.2. The average Bonchev–Trinajstić information content (AvgIpc) is 2.98. The molecule has 0 aliphatic heterocycles. The van der Waals surface area contributed by atoms with Gasteiger partial charge in [-0.2, -0.15) is 5.10 Å². The summed E-state index contributed by atoms with van der Waals surface area (Å²) in [6, 6.07) is 7.09. The summed E-state index contributed by atoms with van der Waals surface area (Å²) in [6.07, 6.45) is 2.82. The SMILES string of the molecule is CC(=O)C1C(=O)c2ccccc2C1=Nn1cnnc1. The van der Waals surface area contributed by atoms with Crippen LogP contribution in [0.1, 0.15) is 22.8 Å². The summed E-state index contributed by atoms with van der Waals surface area (Å²) in [7, 11) is 0. The molecule has 6 heteroatoms. The fraction of sp³-hybridized carbons (Fsp3) is 0.154. The monoisotopic (exact) mass is 254 g/mol. The van der Waals surface area contributed by atoms with Crippen LogP contribution < -0.4 is 0 Å². The molecular formula is C13H10N4O2. The lowest BCUT2D eigenvalue weighted by molar-refractivity contribution is -0.117. The first-order valence-corrected chi connectivity index (χ1v) is 5.76. The van der Waals surface area contributed by atoms with Crippen LogP contribution in [0, 0.1) is 5.92 Å². The normalized spacial score (nSPS) is 19.7. The maximum atomic E-state index is 12.2. The number of hydrogen-bond acceptors (Lipinski definition) is 5. The summed E-state index contributed by atoms with van der Waals surface area (Å²) in [5, 5.41) is 11.6. The van der Waals surface area contributed by atoms with Crippen molar-refractivity contribution >= 4 is 17.3 Å². The fourth-order valence-electron chi connectivity index (χ4n) is 2.22. The molecule has 0 saturated carbocycles. The molecule has 0 saturated heterocycles. The third-order valence-electron chi connectivity index (χ3n) is 3.04. The van der Waals surface area contributed by atoms with Crippen LogP contribution in [-0.2, 0) is 4.79 Å². The molecule has 19 heavy (non-hydrogen) atoms. The van der Waals surface area contributed by atoms with Crippen molar-refractivity contribution in [1.29, 1.82) is 0 Å². The van der Waals surface area contributed by atoms with E-state index in [1.807, 2.05) is 6.07 Å². The summed E-state index contributed by atoms with van der Waals surface area (Å²) in [5.74, 6) is -1.25. The molecule has 6 nitrogen and oxygen atoms in total. The summed E-state index contributed by atoms with van der Waals surface area (Å²) >= 11 is 0. The lowest BCUT2D eigenvalue weighted by Gasteiger charge is -2.05. The molecule has 94 valence electrons. The first-order chi connectivity index (χ1) is 9.18. The van der Waals surface area contributed by atoms with Crippen molar-refractivity contribution in [3.8, 4) is 0 Å². The summed E-state index contributed by atoms with van der Waals surface area (Å²) in [6.45, 7) is 1.40. The third kappa shape index (κ3) is 1.77. The highest BCUT2D eigenvalue weighted by Crippen LogP contribution is 2.28. The molecule has 1 aromatic heterocycles. The van der Waals surface area contributed by atoms with Gasteiger partial charge in [0.15, 0.2) is 5.78 Å². The molecule has 0 bridgehead atoms. The zero-order valence-corrected chi connectivity index (χ0v) is 10.1. The van der Waals surface area contributed by atoms with Gasteiger partial charge in [-0.1, -0.05) is 24.3 Å². The van der Waals surface area contributed by atoms with Crippen LogP contribution in [0.15, 0.2) is 42.0 Å². The number of aromatic nitrogens is 3. The third-order valence-corrected chi connectivity index (χ3v) is 3.04. The van der Waals surface area contributed by atoms with E-state index >= 15 is 0 Å². The molecule has 0 N–H and O–H groups in total. The predicted octanol–water partition coefficient (Wildman–Crippen LogP) is 0.932. The van der Waals surface area contributed by atoms with Crippen molar-refractivity contribution in [2.45, 2.75) is 6.92 Å². The number of benzene rings is 1. The Labute approximate surface area is 108 Å². The lowest BCUT2D eigenvalue weighted by atomic mass is 9.99. The van der Waals surface area contributed by atoms with E-state index in [1.54, 1.807) is 18.2 Å². The highest BCUT2D eigenvalue weighted by Gasteiger charge is 2.39. The Bertz CT molecular complexity index is 688. The summed E-state index contributed by atoms with van der Waals surface area (Å²) in [4.78, 5) is 24.0. The zero-order chi connectivity index (χ0) is 13.4. The molecule has 1 unspecified atom stereocenters. The molecule has 0 radical (unpaired) electrons. The number of carbonyl (C=O) groups excluding carboxylic acids is 2. The van der Waals surface area contributed by atoms with Crippen molar-refractivity contribution in [2.24, 2.45) is 11.0 Å². The minimum Gasteiger partial charge on any atom is -0.299 e. The van der Waals surface area contributed by atoms with Gasteiger partial charge < -0.3 is 0 Å². The van der Waals surface area contributed by atoms with E-state index in [0.717, 1.165) is 0 Å². The van der Waals surface area contributed by atoms with E-state index in [0.29, 0.717) is 16.8 Å². The predicted molar refractivity (Wildman–Crippen MR) is 66.9 cm³/mol. The van der Waals surface area contributed by atoms with Crippen molar-refractivity contribution < 1.29 is 9.59 Å². The molecule has 1 aliphatic carbocycles. The van der Waals surface area contributed by atoms with E-state index < -0.39 is 5.92 Å². The van der Waals surface area contributed by atoms with Gasteiger partial charge in [0.05, 0.1) is 5.71 Å². The Balaban J connectivity index is 2.20. The van der Waals surface area contributed by atoms with Crippen molar-refractivity contribution in [2.75, 3.05) is 0 Å². The number of fused-ring (bicyclic) bond motifs is 1. The van der Waals surface area contributed by atoms with Crippen LogP contribution in [0.3, 0.4) is 0 Å². The zero-order valence-electron chi connectivity index (χ0n) is 10.1. The van der Waals surface area contributed by atoms with Gasteiger partial charge in [0.1, 0.15) is 24.4 Å². The maximum Gasteiger partial charge on any atom is 0.180 e. The van der Waals surface area contributed by atoms with Gasteiger partial charge in [-0.15, -0.1) is 10.2 Å². The van der Waals surface area contributed by atoms with Crippen LogP contribution >= 0.6 is 0 Å². The molecule has 2 aromatic rings. The Morgan fingerprint density at radius 1 is 1.21 bits per heavy atom. The van der Waals surface area contributed by atoms with E-state index in [9.17, 15) is 9.59 Å². The second-order valence-electron chi connectivity index (χ2n) is 4.28. The molecule has 1 aromatic carbocycles. The van der Waals surface area contributed by atoms with E-state index in [2.05, 4.69) is 15.3 Å². The second-order valence-corrected chi connectivity index (χ2v) is 4.28. The summed E-state index contributed by atoms with van der Waals surface area (Å²) < 4.78 is 1.39.